The predicted octanol–water partition coefficient (Wildman–Crippen LogP) is 4.21. The van der Waals surface area contributed by atoms with Crippen LogP contribution in [0.2, 0.25) is 0 Å². The van der Waals surface area contributed by atoms with Gasteiger partial charge in [-0.25, -0.2) is 4.39 Å². The summed E-state index contributed by atoms with van der Waals surface area (Å²) in [4.78, 5) is 27.6. The Morgan fingerprint density at radius 3 is 2.36 bits per heavy atom. The molecular weight excluding hydrogens is 419 g/mol. The summed E-state index contributed by atoms with van der Waals surface area (Å²) in [6, 6.07) is 20.5. The van der Waals surface area contributed by atoms with Gasteiger partial charge in [-0.1, -0.05) is 60.7 Å². The van der Waals surface area contributed by atoms with Crippen molar-refractivity contribution >= 4 is 11.8 Å². The summed E-state index contributed by atoms with van der Waals surface area (Å²) in [5.41, 5.74) is 3.22. The third kappa shape index (κ3) is 6.19. The first kappa shape index (κ1) is 24.0. The van der Waals surface area contributed by atoms with Gasteiger partial charge >= 0.3 is 0 Å². The molecule has 0 aromatic heterocycles. The second-order valence-corrected chi connectivity index (χ2v) is 7.92. The maximum absolute atomic E-state index is 14.5. The van der Waals surface area contributed by atoms with Crippen LogP contribution in [0.3, 0.4) is 0 Å². The van der Waals surface area contributed by atoms with Crippen LogP contribution >= 0.6 is 0 Å². The van der Waals surface area contributed by atoms with Crippen LogP contribution in [0.5, 0.6) is 5.75 Å². The highest BCUT2D eigenvalue weighted by Crippen LogP contribution is 2.22. The van der Waals surface area contributed by atoms with Crippen molar-refractivity contribution < 1.29 is 18.7 Å². The first-order valence-electron chi connectivity index (χ1n) is 10.9. The van der Waals surface area contributed by atoms with Crippen molar-refractivity contribution in [3.63, 3.8) is 0 Å². The lowest BCUT2D eigenvalue weighted by molar-refractivity contribution is -0.142. The topological polar surface area (TPSA) is 58.6 Å². The number of benzene rings is 3. The summed E-state index contributed by atoms with van der Waals surface area (Å²) in [6.45, 7) is 3.58. The van der Waals surface area contributed by atoms with Gasteiger partial charge in [0.1, 0.15) is 17.6 Å². The van der Waals surface area contributed by atoms with Gasteiger partial charge in [-0.15, -0.1) is 0 Å². The molecule has 0 bridgehead atoms. The number of ether oxygens (including phenoxy) is 1. The van der Waals surface area contributed by atoms with Crippen LogP contribution in [0.15, 0.2) is 72.8 Å². The zero-order valence-electron chi connectivity index (χ0n) is 19.2. The summed E-state index contributed by atoms with van der Waals surface area (Å²) in [7, 11) is 1.53. The molecule has 0 radical (unpaired) electrons. The van der Waals surface area contributed by atoms with Crippen LogP contribution in [0.1, 0.15) is 22.3 Å². The number of carbonyl (C=O) groups excluding carboxylic acids is 2. The predicted molar refractivity (Wildman–Crippen MR) is 126 cm³/mol. The fraction of sp³-hybridized carbons (Fsp3) is 0.259. The van der Waals surface area contributed by atoms with Crippen molar-refractivity contribution in [3.8, 4) is 5.75 Å². The molecule has 0 heterocycles. The quantitative estimate of drug-likeness (QED) is 0.534. The van der Waals surface area contributed by atoms with Crippen LogP contribution in [0.4, 0.5) is 4.39 Å². The molecule has 0 saturated carbocycles. The number of hydrogen-bond donors (Lipinski definition) is 1. The van der Waals surface area contributed by atoms with Gasteiger partial charge in [-0.05, 0) is 42.7 Å². The number of halogens is 1. The minimum absolute atomic E-state index is 0.0490. The average molecular weight is 449 g/mol. The standard InChI is InChI=1S/C27H29FN2O3/c1-19-10-9-15-25(20(19)2)33-18-26(31)30(17-22-13-7-8-14-23(22)28)24(27(32)29-3)16-21-11-5-4-6-12-21/h4-15,24H,16-18H2,1-3H3,(H,29,32)/t24-/m0/s1. The van der Waals surface area contributed by atoms with Crippen molar-refractivity contribution in [1.82, 2.24) is 10.2 Å². The highest BCUT2D eigenvalue weighted by molar-refractivity contribution is 5.88. The molecule has 3 aromatic rings. The normalized spacial score (nSPS) is 11.5. The van der Waals surface area contributed by atoms with Gasteiger partial charge in [-0.2, -0.15) is 0 Å². The van der Waals surface area contributed by atoms with E-state index in [1.54, 1.807) is 24.3 Å². The molecule has 0 saturated heterocycles. The van der Waals surface area contributed by atoms with E-state index in [0.717, 1.165) is 16.7 Å². The molecule has 0 fully saturated rings. The Hall–Kier alpha value is -3.67. The van der Waals surface area contributed by atoms with Crippen molar-refractivity contribution in [3.05, 3.63) is 101 Å². The Kier molecular flexibility index (Phi) is 8.19. The summed E-state index contributed by atoms with van der Waals surface area (Å²) in [5, 5.41) is 2.64. The molecule has 6 heteroatoms. The number of likely N-dealkylation sites (N-methyl/N-ethyl adjacent to an activating group) is 1. The van der Waals surface area contributed by atoms with Crippen LogP contribution in [-0.4, -0.2) is 36.4 Å². The SMILES string of the molecule is CNC(=O)[C@H](Cc1ccccc1)N(Cc1ccccc1F)C(=O)COc1cccc(C)c1C. The minimum atomic E-state index is -0.827. The first-order valence-corrected chi connectivity index (χ1v) is 10.9. The van der Waals surface area contributed by atoms with E-state index in [1.807, 2.05) is 56.3 Å². The lowest BCUT2D eigenvalue weighted by Crippen LogP contribution is -2.51. The number of carbonyl (C=O) groups is 2. The second-order valence-electron chi connectivity index (χ2n) is 7.92. The molecule has 5 nitrogen and oxygen atoms in total. The number of nitrogens with one attached hydrogen (secondary N) is 1. The highest BCUT2D eigenvalue weighted by atomic mass is 19.1. The van der Waals surface area contributed by atoms with Gasteiger partial charge in [-0.3, -0.25) is 9.59 Å². The second kappa shape index (κ2) is 11.3. The Morgan fingerprint density at radius 1 is 0.970 bits per heavy atom. The van der Waals surface area contributed by atoms with E-state index in [-0.39, 0.29) is 19.1 Å². The van der Waals surface area contributed by atoms with E-state index < -0.39 is 17.8 Å². The van der Waals surface area contributed by atoms with Crippen LogP contribution in [0, 0.1) is 19.7 Å². The van der Waals surface area contributed by atoms with Gasteiger partial charge in [0.15, 0.2) is 6.61 Å². The fourth-order valence-electron chi connectivity index (χ4n) is 3.63. The van der Waals surface area contributed by atoms with Crippen LogP contribution < -0.4 is 10.1 Å². The van der Waals surface area contributed by atoms with Crippen molar-refractivity contribution in [1.29, 1.82) is 0 Å². The maximum Gasteiger partial charge on any atom is 0.261 e. The molecule has 0 unspecified atom stereocenters. The van der Waals surface area contributed by atoms with E-state index in [1.165, 1.54) is 18.0 Å². The van der Waals surface area contributed by atoms with E-state index in [9.17, 15) is 14.0 Å². The lowest BCUT2D eigenvalue weighted by atomic mass is 10.0. The summed E-state index contributed by atoms with van der Waals surface area (Å²) in [5.74, 6) is -0.547. The summed E-state index contributed by atoms with van der Waals surface area (Å²) < 4.78 is 20.3. The Balaban J connectivity index is 1.90. The van der Waals surface area contributed by atoms with Gasteiger partial charge in [0.05, 0.1) is 0 Å². The van der Waals surface area contributed by atoms with Gasteiger partial charge in [0.25, 0.3) is 5.91 Å². The third-order valence-electron chi connectivity index (χ3n) is 5.72. The lowest BCUT2D eigenvalue weighted by Gasteiger charge is -2.31. The summed E-state index contributed by atoms with van der Waals surface area (Å²) in [6.07, 6.45) is 0.296. The Bertz CT molecular complexity index is 1100. The zero-order valence-corrected chi connectivity index (χ0v) is 19.2. The smallest absolute Gasteiger partial charge is 0.261 e. The average Bonchev–Trinajstić information content (AvgIpc) is 2.83. The highest BCUT2D eigenvalue weighted by Gasteiger charge is 2.30. The molecule has 2 amide bonds. The Labute approximate surface area is 194 Å². The third-order valence-corrected chi connectivity index (χ3v) is 5.72. The van der Waals surface area contributed by atoms with Crippen molar-refractivity contribution in [2.75, 3.05) is 13.7 Å². The van der Waals surface area contributed by atoms with Crippen LogP contribution in [0.25, 0.3) is 0 Å². The number of rotatable bonds is 9. The molecule has 0 aliphatic rings. The number of aryl methyl sites for hydroxylation is 1. The molecule has 3 rings (SSSR count). The molecule has 1 N–H and O–H groups in total. The molecule has 0 spiro atoms. The van der Waals surface area contributed by atoms with E-state index in [4.69, 9.17) is 4.74 Å². The van der Waals surface area contributed by atoms with Crippen molar-refractivity contribution in [2.45, 2.75) is 32.9 Å². The maximum atomic E-state index is 14.5. The molecule has 0 aliphatic carbocycles. The number of hydrogen-bond acceptors (Lipinski definition) is 3. The van der Waals surface area contributed by atoms with E-state index in [2.05, 4.69) is 5.32 Å². The number of amides is 2. The monoisotopic (exact) mass is 448 g/mol. The first-order chi connectivity index (χ1) is 15.9. The molecule has 33 heavy (non-hydrogen) atoms. The van der Waals surface area contributed by atoms with E-state index >= 15 is 0 Å². The van der Waals surface area contributed by atoms with Gasteiger partial charge in [0.2, 0.25) is 5.91 Å². The fourth-order valence-corrected chi connectivity index (χ4v) is 3.63. The van der Waals surface area contributed by atoms with Gasteiger partial charge < -0.3 is 15.0 Å². The number of nitrogens with zero attached hydrogens (tertiary/aromatic N) is 1. The molecule has 172 valence electrons. The molecule has 3 aromatic carbocycles. The van der Waals surface area contributed by atoms with Crippen molar-refractivity contribution in [2.24, 2.45) is 0 Å². The Morgan fingerprint density at radius 2 is 1.67 bits per heavy atom. The van der Waals surface area contributed by atoms with Crippen LogP contribution in [-0.2, 0) is 22.6 Å². The summed E-state index contributed by atoms with van der Waals surface area (Å²) >= 11 is 0. The van der Waals surface area contributed by atoms with Gasteiger partial charge in [0, 0.05) is 25.6 Å². The molecule has 0 aliphatic heterocycles. The zero-order chi connectivity index (χ0) is 23.8. The molecular formula is C27H29FN2O3. The van der Waals surface area contributed by atoms with E-state index in [0.29, 0.717) is 17.7 Å². The minimum Gasteiger partial charge on any atom is -0.483 e. The largest absolute Gasteiger partial charge is 0.483 e. The molecule has 1 atom stereocenters.